The zero-order valence-electron chi connectivity index (χ0n) is 13.1. The van der Waals surface area contributed by atoms with Crippen molar-refractivity contribution in [1.29, 1.82) is 0 Å². The maximum atomic E-state index is 11.6. The van der Waals surface area contributed by atoms with Crippen molar-refractivity contribution in [2.45, 2.75) is 32.2 Å². The fourth-order valence-corrected chi connectivity index (χ4v) is 3.36. The van der Waals surface area contributed by atoms with Gasteiger partial charge >= 0.3 is 5.97 Å². The normalized spacial score (nSPS) is 16.3. The molecule has 0 radical (unpaired) electrons. The maximum absolute atomic E-state index is 11.6. The average Bonchev–Trinajstić information content (AvgIpc) is 2.55. The Morgan fingerprint density at radius 1 is 1.30 bits per heavy atom. The summed E-state index contributed by atoms with van der Waals surface area (Å²) < 4.78 is 5.01. The van der Waals surface area contributed by atoms with Crippen LogP contribution in [0.2, 0.25) is 5.02 Å². The molecule has 3 nitrogen and oxygen atoms in total. The summed E-state index contributed by atoms with van der Waals surface area (Å²) in [6.07, 6.45) is 2.22. The minimum atomic E-state index is -0.213. The summed E-state index contributed by atoms with van der Waals surface area (Å²) in [5.41, 5.74) is 4.33. The molecular weight excluding hydrogens is 310 g/mol. The highest BCUT2D eigenvalue weighted by molar-refractivity contribution is 6.33. The average molecular weight is 330 g/mol. The molecule has 0 aliphatic carbocycles. The Morgan fingerprint density at radius 3 is 2.83 bits per heavy atom. The van der Waals surface area contributed by atoms with Gasteiger partial charge in [-0.1, -0.05) is 48.0 Å². The molecule has 23 heavy (non-hydrogen) atoms. The molecule has 0 amide bonds. The Hall–Kier alpha value is -2.00. The second-order valence-electron chi connectivity index (χ2n) is 5.74. The molecule has 0 spiro atoms. The third kappa shape index (κ3) is 3.67. The second-order valence-corrected chi connectivity index (χ2v) is 6.15. The zero-order chi connectivity index (χ0) is 16.2. The maximum Gasteiger partial charge on any atom is 0.310 e. The first kappa shape index (κ1) is 15.9. The molecule has 120 valence electrons. The van der Waals surface area contributed by atoms with Crippen LogP contribution in [0.25, 0.3) is 0 Å². The number of ether oxygens (including phenoxy) is 1. The highest BCUT2D eigenvalue weighted by atomic mass is 35.5. The predicted octanol–water partition coefficient (Wildman–Crippen LogP) is 4.55. The SMILES string of the molecule is CCOC(=O)Cc1cc(Cl)c2c(c1)CCC(c1ccccc1)N2. The number of fused-ring (bicyclic) bond motifs is 1. The zero-order valence-corrected chi connectivity index (χ0v) is 13.9. The molecule has 0 saturated heterocycles. The molecule has 0 saturated carbocycles. The van der Waals surface area contributed by atoms with E-state index in [2.05, 4.69) is 35.6 Å². The third-order valence-corrected chi connectivity index (χ3v) is 4.41. The lowest BCUT2D eigenvalue weighted by molar-refractivity contribution is -0.142. The highest BCUT2D eigenvalue weighted by Gasteiger charge is 2.22. The van der Waals surface area contributed by atoms with Crippen LogP contribution in [0.15, 0.2) is 42.5 Å². The minimum absolute atomic E-state index is 0.213. The Morgan fingerprint density at radius 2 is 2.09 bits per heavy atom. The van der Waals surface area contributed by atoms with E-state index in [0.29, 0.717) is 11.6 Å². The lowest BCUT2D eigenvalue weighted by Crippen LogP contribution is -2.19. The van der Waals surface area contributed by atoms with Gasteiger partial charge in [-0.3, -0.25) is 4.79 Å². The molecule has 1 aliphatic rings. The van der Waals surface area contributed by atoms with Gasteiger partial charge in [-0.05, 0) is 42.5 Å². The summed E-state index contributed by atoms with van der Waals surface area (Å²) >= 11 is 6.45. The van der Waals surface area contributed by atoms with Crippen LogP contribution in [0.1, 0.15) is 36.1 Å². The van der Waals surface area contributed by atoms with E-state index in [1.54, 1.807) is 0 Å². The summed E-state index contributed by atoms with van der Waals surface area (Å²) in [5, 5.41) is 4.21. The summed E-state index contributed by atoms with van der Waals surface area (Å²) in [5.74, 6) is -0.213. The number of nitrogens with one attached hydrogen (secondary N) is 1. The third-order valence-electron chi connectivity index (χ3n) is 4.11. The number of hydrogen-bond donors (Lipinski definition) is 1. The summed E-state index contributed by atoms with van der Waals surface area (Å²) in [4.78, 5) is 11.6. The highest BCUT2D eigenvalue weighted by Crippen LogP contribution is 2.38. The number of carbonyl (C=O) groups excluding carboxylic acids is 1. The second kappa shape index (κ2) is 7.05. The van der Waals surface area contributed by atoms with Crippen LogP contribution in [-0.4, -0.2) is 12.6 Å². The van der Waals surface area contributed by atoms with Gasteiger partial charge in [0, 0.05) is 0 Å². The molecule has 0 bridgehead atoms. The smallest absolute Gasteiger partial charge is 0.310 e. The first-order valence-electron chi connectivity index (χ1n) is 7.95. The molecule has 2 aromatic rings. The molecule has 0 aromatic heterocycles. The minimum Gasteiger partial charge on any atom is -0.466 e. The van der Waals surface area contributed by atoms with Gasteiger partial charge in [0.05, 0.1) is 29.8 Å². The lowest BCUT2D eigenvalue weighted by atomic mass is 9.92. The largest absolute Gasteiger partial charge is 0.466 e. The quantitative estimate of drug-likeness (QED) is 0.837. The first-order chi connectivity index (χ1) is 11.2. The van der Waals surface area contributed by atoms with Gasteiger partial charge in [0.2, 0.25) is 0 Å². The van der Waals surface area contributed by atoms with Crippen LogP contribution in [0, 0.1) is 0 Å². The number of esters is 1. The van der Waals surface area contributed by atoms with E-state index in [4.69, 9.17) is 16.3 Å². The number of hydrogen-bond acceptors (Lipinski definition) is 3. The van der Waals surface area contributed by atoms with Crippen LogP contribution in [-0.2, 0) is 22.4 Å². The predicted molar refractivity (Wildman–Crippen MR) is 92.9 cm³/mol. The van der Waals surface area contributed by atoms with Crippen LogP contribution in [0.3, 0.4) is 0 Å². The van der Waals surface area contributed by atoms with Crippen molar-refractivity contribution in [3.8, 4) is 0 Å². The topological polar surface area (TPSA) is 38.3 Å². The molecule has 1 atom stereocenters. The van der Waals surface area contributed by atoms with E-state index < -0.39 is 0 Å². The van der Waals surface area contributed by atoms with Crippen LogP contribution in [0.4, 0.5) is 5.69 Å². The van der Waals surface area contributed by atoms with Gasteiger partial charge in [0.25, 0.3) is 0 Å². The van der Waals surface area contributed by atoms with Gasteiger partial charge in [-0.2, -0.15) is 0 Å². The van der Waals surface area contributed by atoms with Crippen molar-refractivity contribution in [2.75, 3.05) is 11.9 Å². The van der Waals surface area contributed by atoms with Crippen molar-refractivity contribution in [1.82, 2.24) is 0 Å². The summed E-state index contributed by atoms with van der Waals surface area (Å²) in [6.45, 7) is 2.21. The molecule has 3 rings (SSSR count). The van der Waals surface area contributed by atoms with Gasteiger partial charge < -0.3 is 10.1 Å². The van der Waals surface area contributed by atoms with Crippen LogP contribution in [0.5, 0.6) is 0 Å². The van der Waals surface area contributed by atoms with Gasteiger partial charge in [0.15, 0.2) is 0 Å². The fraction of sp³-hybridized carbons (Fsp3) is 0.316. The fourth-order valence-electron chi connectivity index (χ4n) is 3.05. The molecule has 2 aromatic carbocycles. The summed E-state index contributed by atoms with van der Waals surface area (Å²) in [6, 6.07) is 14.6. The molecule has 1 unspecified atom stereocenters. The molecular formula is C19H20ClNO2. The van der Waals surface area contributed by atoms with Gasteiger partial charge in [0.1, 0.15) is 0 Å². The van der Waals surface area contributed by atoms with E-state index in [0.717, 1.165) is 24.1 Å². The molecule has 1 heterocycles. The van der Waals surface area contributed by atoms with E-state index in [-0.39, 0.29) is 18.4 Å². The van der Waals surface area contributed by atoms with Crippen molar-refractivity contribution in [3.05, 3.63) is 64.2 Å². The Balaban J connectivity index is 1.80. The van der Waals surface area contributed by atoms with Crippen molar-refractivity contribution in [2.24, 2.45) is 0 Å². The molecule has 0 fully saturated rings. The molecule has 1 aliphatic heterocycles. The molecule has 1 N–H and O–H groups in total. The Bertz CT molecular complexity index is 700. The standard InChI is InChI=1S/C19H20ClNO2/c1-2-23-18(22)12-13-10-15-8-9-17(14-6-4-3-5-7-14)21-19(15)16(20)11-13/h3-7,10-11,17,21H,2,8-9,12H2,1H3. The van der Waals surface area contributed by atoms with Crippen molar-refractivity contribution < 1.29 is 9.53 Å². The number of anilines is 1. The lowest BCUT2D eigenvalue weighted by Gasteiger charge is -2.28. The van der Waals surface area contributed by atoms with Crippen molar-refractivity contribution >= 4 is 23.3 Å². The number of halogens is 1. The number of carbonyl (C=O) groups is 1. The number of aryl methyl sites for hydroxylation is 1. The van der Waals surface area contributed by atoms with Gasteiger partial charge in [-0.15, -0.1) is 0 Å². The van der Waals surface area contributed by atoms with Crippen molar-refractivity contribution in [3.63, 3.8) is 0 Å². The van der Waals surface area contributed by atoms with Crippen LogP contribution >= 0.6 is 11.6 Å². The summed E-state index contributed by atoms with van der Waals surface area (Å²) in [7, 11) is 0. The molecule has 4 heteroatoms. The van der Waals surface area contributed by atoms with E-state index in [9.17, 15) is 4.79 Å². The Labute approximate surface area is 141 Å². The van der Waals surface area contributed by atoms with E-state index >= 15 is 0 Å². The van der Waals surface area contributed by atoms with Gasteiger partial charge in [-0.25, -0.2) is 0 Å². The van der Waals surface area contributed by atoms with E-state index in [1.807, 2.05) is 19.1 Å². The van der Waals surface area contributed by atoms with Crippen LogP contribution < -0.4 is 5.32 Å². The first-order valence-corrected chi connectivity index (χ1v) is 8.33. The number of rotatable bonds is 4. The number of benzene rings is 2. The monoisotopic (exact) mass is 329 g/mol. The van der Waals surface area contributed by atoms with E-state index in [1.165, 1.54) is 11.1 Å². The Kier molecular flexibility index (Phi) is 4.87.